The smallest absolute Gasteiger partial charge is 0.292 e. The van der Waals surface area contributed by atoms with Crippen LogP contribution in [0.1, 0.15) is 34.5 Å². The third kappa shape index (κ3) is 5.14. The maximum absolute atomic E-state index is 12.8. The molecule has 0 aromatic heterocycles. The van der Waals surface area contributed by atoms with Crippen molar-refractivity contribution in [1.82, 2.24) is 4.90 Å². The Labute approximate surface area is 193 Å². The summed E-state index contributed by atoms with van der Waals surface area (Å²) in [6.45, 7) is 6.54. The van der Waals surface area contributed by atoms with Crippen molar-refractivity contribution in [2.24, 2.45) is 0 Å². The summed E-state index contributed by atoms with van der Waals surface area (Å²) in [5.41, 5.74) is 4.33. The van der Waals surface area contributed by atoms with Gasteiger partial charge in [0.05, 0.1) is 4.92 Å². The van der Waals surface area contributed by atoms with Crippen LogP contribution in [-0.2, 0) is 0 Å². The Bertz CT molecular complexity index is 1120. The molecule has 1 saturated heterocycles. The fraction of sp³-hybridized carbons (Fsp3) is 0.269. The Morgan fingerprint density at radius 3 is 2.27 bits per heavy atom. The number of carbonyl (C=O) groups excluding carboxylic acids is 1. The maximum atomic E-state index is 12.8. The first-order valence-corrected chi connectivity index (χ1v) is 11.1. The van der Waals surface area contributed by atoms with Crippen LogP contribution in [0.15, 0.2) is 72.8 Å². The number of rotatable bonds is 6. The lowest BCUT2D eigenvalue weighted by Gasteiger charge is -2.36. The summed E-state index contributed by atoms with van der Waals surface area (Å²) >= 11 is 0. The van der Waals surface area contributed by atoms with Crippen LogP contribution in [0.5, 0.6) is 0 Å². The van der Waals surface area contributed by atoms with E-state index in [2.05, 4.69) is 10.2 Å². The number of nitrogens with one attached hydrogen (secondary N) is 1. The van der Waals surface area contributed by atoms with Gasteiger partial charge in [0.1, 0.15) is 5.69 Å². The van der Waals surface area contributed by atoms with E-state index >= 15 is 0 Å². The van der Waals surface area contributed by atoms with E-state index in [1.807, 2.05) is 79.4 Å². The molecule has 1 fully saturated rings. The number of anilines is 2. The number of benzene rings is 3. The van der Waals surface area contributed by atoms with Crippen molar-refractivity contribution >= 4 is 23.0 Å². The lowest BCUT2D eigenvalue weighted by atomic mass is 10.1. The first-order valence-electron chi connectivity index (χ1n) is 11.1. The minimum absolute atomic E-state index is 0.0393. The predicted molar refractivity (Wildman–Crippen MR) is 131 cm³/mol. The van der Waals surface area contributed by atoms with E-state index in [0.717, 1.165) is 16.8 Å². The topological polar surface area (TPSA) is 78.7 Å². The van der Waals surface area contributed by atoms with Gasteiger partial charge in [0.15, 0.2) is 0 Å². The standard InChI is InChI=1S/C26H28N4O3/c1-19-8-10-22(11-9-19)26(31)29-16-14-28(15-17-29)23-12-13-25(30(32)33)24(18-23)27-20(2)21-6-4-3-5-7-21/h3-13,18,20,27H,14-17H2,1-2H3/t20-/m0/s1. The van der Waals surface area contributed by atoms with Crippen LogP contribution in [0.3, 0.4) is 0 Å². The van der Waals surface area contributed by atoms with Gasteiger partial charge in [-0.3, -0.25) is 14.9 Å². The van der Waals surface area contributed by atoms with Crippen molar-refractivity contribution in [3.63, 3.8) is 0 Å². The van der Waals surface area contributed by atoms with Crippen molar-refractivity contribution in [2.75, 3.05) is 36.4 Å². The third-order valence-corrected chi connectivity index (χ3v) is 6.08. The number of aryl methyl sites for hydroxylation is 1. The van der Waals surface area contributed by atoms with E-state index in [1.165, 1.54) is 0 Å². The average Bonchev–Trinajstić information content (AvgIpc) is 2.84. The van der Waals surface area contributed by atoms with Crippen LogP contribution < -0.4 is 10.2 Å². The lowest BCUT2D eigenvalue weighted by molar-refractivity contribution is -0.384. The van der Waals surface area contributed by atoms with E-state index in [0.29, 0.717) is 37.4 Å². The number of nitrogens with zero attached hydrogens (tertiary/aromatic N) is 3. The second kappa shape index (κ2) is 9.73. The molecule has 1 N–H and O–H groups in total. The van der Waals surface area contributed by atoms with Gasteiger partial charge in [-0.05, 0) is 43.7 Å². The Balaban J connectivity index is 1.47. The highest BCUT2D eigenvalue weighted by molar-refractivity contribution is 5.94. The zero-order valence-electron chi connectivity index (χ0n) is 18.9. The highest BCUT2D eigenvalue weighted by Gasteiger charge is 2.24. The van der Waals surface area contributed by atoms with Crippen LogP contribution in [0, 0.1) is 17.0 Å². The van der Waals surface area contributed by atoms with E-state index in [4.69, 9.17) is 0 Å². The molecule has 1 atom stereocenters. The van der Waals surface area contributed by atoms with Crippen molar-refractivity contribution in [2.45, 2.75) is 19.9 Å². The number of hydrogen-bond donors (Lipinski definition) is 1. The number of piperazine rings is 1. The van der Waals surface area contributed by atoms with Gasteiger partial charge in [-0.15, -0.1) is 0 Å². The monoisotopic (exact) mass is 444 g/mol. The van der Waals surface area contributed by atoms with Gasteiger partial charge >= 0.3 is 0 Å². The Kier molecular flexibility index (Phi) is 6.58. The fourth-order valence-electron chi connectivity index (χ4n) is 4.10. The van der Waals surface area contributed by atoms with Crippen molar-refractivity contribution in [3.8, 4) is 0 Å². The summed E-state index contributed by atoms with van der Waals surface area (Å²) < 4.78 is 0. The minimum Gasteiger partial charge on any atom is -0.373 e. The van der Waals surface area contributed by atoms with Gasteiger partial charge in [0.2, 0.25) is 0 Å². The summed E-state index contributed by atoms with van der Waals surface area (Å²) in [7, 11) is 0. The quantitative estimate of drug-likeness (QED) is 0.426. The molecule has 7 heteroatoms. The van der Waals surface area contributed by atoms with Gasteiger partial charge in [-0.25, -0.2) is 0 Å². The van der Waals surface area contributed by atoms with Gasteiger partial charge in [-0.2, -0.15) is 0 Å². The summed E-state index contributed by atoms with van der Waals surface area (Å²) in [4.78, 5) is 28.1. The van der Waals surface area contributed by atoms with Gasteiger partial charge in [0, 0.05) is 49.5 Å². The minimum atomic E-state index is -0.359. The predicted octanol–water partition coefficient (Wildman–Crippen LogP) is 5.04. The first-order chi connectivity index (χ1) is 15.9. The highest BCUT2D eigenvalue weighted by Crippen LogP contribution is 2.33. The normalized spacial score (nSPS) is 14.6. The largest absolute Gasteiger partial charge is 0.373 e. The van der Waals surface area contributed by atoms with Crippen molar-refractivity contribution < 1.29 is 9.72 Å². The fourth-order valence-corrected chi connectivity index (χ4v) is 4.10. The molecule has 0 unspecified atom stereocenters. The molecule has 3 aromatic rings. The van der Waals surface area contributed by atoms with Crippen LogP contribution >= 0.6 is 0 Å². The van der Waals surface area contributed by atoms with Gasteiger partial charge in [0.25, 0.3) is 11.6 Å². The van der Waals surface area contributed by atoms with E-state index in [9.17, 15) is 14.9 Å². The molecular formula is C26H28N4O3. The number of nitro groups is 1. The summed E-state index contributed by atoms with van der Waals surface area (Å²) in [5.74, 6) is 0.0393. The Hall–Kier alpha value is -3.87. The molecule has 0 saturated carbocycles. The average molecular weight is 445 g/mol. The molecular weight excluding hydrogens is 416 g/mol. The first kappa shape index (κ1) is 22.3. The van der Waals surface area contributed by atoms with Crippen LogP contribution in [0.25, 0.3) is 0 Å². The Morgan fingerprint density at radius 2 is 1.64 bits per heavy atom. The maximum Gasteiger partial charge on any atom is 0.292 e. The number of hydrogen-bond acceptors (Lipinski definition) is 5. The van der Waals surface area contributed by atoms with Crippen LogP contribution in [0.4, 0.5) is 17.1 Å². The zero-order chi connectivity index (χ0) is 23.4. The second-order valence-corrected chi connectivity index (χ2v) is 8.38. The highest BCUT2D eigenvalue weighted by atomic mass is 16.6. The summed E-state index contributed by atoms with van der Waals surface area (Å²) in [6.07, 6.45) is 0. The molecule has 3 aromatic carbocycles. The van der Waals surface area contributed by atoms with E-state index < -0.39 is 0 Å². The molecule has 1 aliphatic rings. The van der Waals surface area contributed by atoms with E-state index in [1.54, 1.807) is 12.1 Å². The zero-order valence-corrected chi connectivity index (χ0v) is 18.9. The van der Waals surface area contributed by atoms with Crippen molar-refractivity contribution in [1.29, 1.82) is 0 Å². The SMILES string of the molecule is Cc1ccc(C(=O)N2CCN(c3ccc([N+](=O)[O-])c(N[C@@H](C)c4ccccc4)c3)CC2)cc1. The van der Waals surface area contributed by atoms with Gasteiger partial charge < -0.3 is 15.1 Å². The molecule has 1 amide bonds. The second-order valence-electron chi connectivity index (χ2n) is 8.38. The summed E-state index contributed by atoms with van der Waals surface area (Å²) in [6, 6.07) is 22.6. The number of carbonyl (C=O) groups is 1. The third-order valence-electron chi connectivity index (χ3n) is 6.08. The molecule has 4 rings (SSSR count). The summed E-state index contributed by atoms with van der Waals surface area (Å²) in [5, 5.41) is 14.9. The van der Waals surface area contributed by atoms with E-state index in [-0.39, 0.29) is 22.6 Å². The number of nitro benzene ring substituents is 1. The lowest BCUT2D eigenvalue weighted by Crippen LogP contribution is -2.48. The molecule has 0 bridgehead atoms. The molecule has 0 spiro atoms. The molecule has 1 heterocycles. The van der Waals surface area contributed by atoms with Crippen molar-refractivity contribution in [3.05, 3.63) is 99.6 Å². The molecule has 7 nitrogen and oxygen atoms in total. The van der Waals surface area contributed by atoms with Crippen LogP contribution in [-0.4, -0.2) is 41.9 Å². The molecule has 1 aliphatic heterocycles. The van der Waals surface area contributed by atoms with Crippen LogP contribution in [0.2, 0.25) is 0 Å². The Morgan fingerprint density at radius 1 is 0.970 bits per heavy atom. The molecule has 0 aliphatic carbocycles. The molecule has 0 radical (unpaired) electrons. The molecule has 170 valence electrons. The number of amides is 1. The van der Waals surface area contributed by atoms with Gasteiger partial charge in [-0.1, -0.05) is 48.0 Å². The molecule has 33 heavy (non-hydrogen) atoms.